The first-order valence-corrected chi connectivity index (χ1v) is 13.6. The van der Waals surface area contributed by atoms with Crippen molar-refractivity contribution in [3.05, 3.63) is 123 Å². The van der Waals surface area contributed by atoms with Crippen LogP contribution in [0.15, 0.2) is 30.3 Å². The molecule has 0 bridgehead atoms. The van der Waals surface area contributed by atoms with Crippen LogP contribution in [0.3, 0.4) is 0 Å². The molecule has 0 aromatic heterocycles. The Morgan fingerprint density at radius 1 is 0.373 bits per heavy atom. The monoisotopic (exact) mass is 736 g/mol. The van der Waals surface area contributed by atoms with E-state index in [4.69, 9.17) is 9.31 Å². The first-order valence-electron chi connectivity index (χ1n) is 13.6. The highest BCUT2D eigenvalue weighted by Gasteiger charge is 2.40. The zero-order valence-corrected chi connectivity index (χ0v) is 23.8. The van der Waals surface area contributed by atoms with Crippen LogP contribution in [0.5, 0.6) is 11.5 Å². The van der Waals surface area contributed by atoms with Crippen LogP contribution in [0.25, 0.3) is 43.1 Å². The zero-order chi connectivity index (χ0) is 37.1. The van der Waals surface area contributed by atoms with Gasteiger partial charge in [-0.25, -0.2) is 65.9 Å². The van der Waals surface area contributed by atoms with Gasteiger partial charge in [0.05, 0.1) is 32.4 Å². The lowest BCUT2D eigenvalue weighted by molar-refractivity contribution is 0.401. The maximum absolute atomic E-state index is 15.8. The molecule has 19 heteroatoms. The topological polar surface area (TPSA) is 18.5 Å². The molecule has 0 aliphatic heterocycles. The third-order valence-electron chi connectivity index (χ3n) is 7.97. The highest BCUT2D eigenvalue weighted by Crippen LogP contribution is 2.48. The van der Waals surface area contributed by atoms with Crippen LogP contribution >= 0.6 is 0 Å². The number of benzene rings is 7. The van der Waals surface area contributed by atoms with E-state index in [1.165, 1.54) is 0 Å². The van der Waals surface area contributed by atoms with E-state index >= 15 is 30.7 Å². The van der Waals surface area contributed by atoms with Crippen LogP contribution in [0.2, 0.25) is 0 Å². The molecule has 0 N–H and O–H groups in total. The fourth-order valence-electron chi connectivity index (χ4n) is 5.79. The summed E-state index contributed by atoms with van der Waals surface area (Å²) in [7, 11) is -3.10. The van der Waals surface area contributed by atoms with Gasteiger partial charge < -0.3 is 9.31 Å². The molecule has 7 rings (SSSR count). The Bertz CT molecular complexity index is 2660. The minimum absolute atomic E-state index is 0.0368. The fourth-order valence-corrected chi connectivity index (χ4v) is 5.79. The van der Waals surface area contributed by atoms with Gasteiger partial charge in [0.2, 0.25) is 0 Å². The molecule has 0 amide bonds. The molecule has 0 unspecified atom stereocenters. The van der Waals surface area contributed by atoms with Crippen molar-refractivity contribution in [2.45, 2.75) is 0 Å². The van der Waals surface area contributed by atoms with Crippen LogP contribution in [0.1, 0.15) is 0 Å². The lowest BCUT2D eigenvalue weighted by Crippen LogP contribution is -2.45. The molecule has 0 spiro atoms. The average molecular weight is 736 g/mol. The number of halogens is 16. The second-order valence-corrected chi connectivity index (χ2v) is 10.7. The summed E-state index contributed by atoms with van der Waals surface area (Å²) in [6.07, 6.45) is 0. The second-order valence-electron chi connectivity index (χ2n) is 10.7. The summed E-state index contributed by atoms with van der Waals surface area (Å²) in [5.41, 5.74) is -1.55. The number of fused-ring (bicyclic) bond motifs is 1. The van der Waals surface area contributed by atoms with Crippen molar-refractivity contribution in [1.82, 2.24) is 0 Å². The Kier molecular flexibility index (Phi) is 7.61. The largest absolute Gasteiger partial charge is 0.636 e. The first kappa shape index (κ1) is 33.9. The smallest absolute Gasteiger partial charge is 0.521 e. The van der Waals surface area contributed by atoms with E-state index in [0.717, 1.165) is 6.07 Å². The van der Waals surface area contributed by atoms with Crippen molar-refractivity contribution >= 4 is 55.7 Å². The SMILES string of the molecule is Fc1cc(F)c(F)c(B(Oc2cccc3c(F)c(F)c(F)c(F)c23)Oc2c(F)c(F)c3c(F)c(F)c4c(F)c(F)c(F)c5c(F)c(F)c2c3c45)c1. The standard InChI is InChI=1S/C32H5BF16O2/c34-6-4-8(19(37)9(35)5-6)33(50-10-3-1-2-7-11(10)20(38)30(48)28(46)18(7)36)51-32-17-13-12-14(21(39)22(40)16(13)26(44)31(32)49)24(42)29(47)25(43)15(12)23(41)27(17)45/h1-5H. The van der Waals surface area contributed by atoms with E-state index in [0.29, 0.717) is 12.1 Å². The summed E-state index contributed by atoms with van der Waals surface area (Å²) in [6, 6.07) is 1.99. The van der Waals surface area contributed by atoms with Gasteiger partial charge in [0, 0.05) is 22.2 Å². The molecule has 51 heavy (non-hydrogen) atoms. The maximum Gasteiger partial charge on any atom is 0.636 e. The van der Waals surface area contributed by atoms with Crippen LogP contribution in [-0.4, -0.2) is 7.12 Å². The highest BCUT2D eigenvalue weighted by molar-refractivity contribution is 6.63. The predicted molar refractivity (Wildman–Crippen MR) is 147 cm³/mol. The quantitative estimate of drug-likeness (QED) is 0.0577. The van der Waals surface area contributed by atoms with Crippen molar-refractivity contribution < 1.29 is 79.6 Å². The summed E-state index contributed by atoms with van der Waals surface area (Å²) in [6.45, 7) is 0. The molecule has 0 aliphatic rings. The lowest BCUT2D eigenvalue weighted by atomic mass is 9.77. The van der Waals surface area contributed by atoms with Gasteiger partial charge >= 0.3 is 7.12 Å². The summed E-state index contributed by atoms with van der Waals surface area (Å²) >= 11 is 0. The zero-order valence-electron chi connectivity index (χ0n) is 23.8. The van der Waals surface area contributed by atoms with E-state index in [1.54, 1.807) is 0 Å². The molecule has 7 aromatic carbocycles. The predicted octanol–water partition coefficient (Wildman–Crippen LogP) is 9.82. The fraction of sp³-hybridized carbons (Fsp3) is 0. The average Bonchev–Trinajstić information content (AvgIpc) is 3.09. The molecule has 0 heterocycles. The third-order valence-corrected chi connectivity index (χ3v) is 7.97. The van der Waals surface area contributed by atoms with Gasteiger partial charge in [0.15, 0.2) is 93.0 Å². The van der Waals surface area contributed by atoms with Gasteiger partial charge in [-0.1, -0.05) is 12.1 Å². The number of hydrogen-bond donors (Lipinski definition) is 0. The minimum atomic E-state index is -3.10. The number of rotatable bonds is 5. The maximum atomic E-state index is 15.8. The Morgan fingerprint density at radius 2 is 0.824 bits per heavy atom. The summed E-state index contributed by atoms with van der Waals surface area (Å²) in [4.78, 5) is 0. The van der Waals surface area contributed by atoms with Gasteiger partial charge in [-0.15, -0.1) is 0 Å². The Labute approximate surface area is 270 Å². The Hall–Kier alpha value is -5.62. The van der Waals surface area contributed by atoms with Gasteiger partial charge in [0.25, 0.3) is 0 Å². The third kappa shape index (κ3) is 4.55. The minimum Gasteiger partial charge on any atom is -0.521 e. The molecular formula is C32H5BF16O2. The van der Waals surface area contributed by atoms with E-state index in [2.05, 4.69) is 0 Å². The van der Waals surface area contributed by atoms with Crippen LogP contribution in [0.4, 0.5) is 70.2 Å². The van der Waals surface area contributed by atoms with Crippen molar-refractivity contribution in [3.63, 3.8) is 0 Å². The van der Waals surface area contributed by atoms with E-state index in [1.807, 2.05) is 0 Å². The van der Waals surface area contributed by atoms with Gasteiger partial charge in [-0.2, -0.15) is 4.39 Å². The summed E-state index contributed by atoms with van der Waals surface area (Å²) in [5.74, 6) is -41.3. The molecule has 260 valence electrons. The number of hydrogen-bond acceptors (Lipinski definition) is 2. The molecule has 0 saturated carbocycles. The first-order chi connectivity index (χ1) is 24.0. The van der Waals surface area contributed by atoms with Gasteiger partial charge in [-0.05, 0) is 12.1 Å². The van der Waals surface area contributed by atoms with Gasteiger partial charge in [-0.3, -0.25) is 0 Å². The normalized spacial score (nSPS) is 11.9. The van der Waals surface area contributed by atoms with Crippen molar-refractivity contribution in [2.24, 2.45) is 0 Å². The van der Waals surface area contributed by atoms with Gasteiger partial charge in [0.1, 0.15) is 11.6 Å². The Morgan fingerprint density at radius 3 is 1.41 bits per heavy atom. The van der Waals surface area contributed by atoms with Crippen LogP contribution in [0, 0.1) is 93.1 Å². The molecule has 0 fully saturated rings. The van der Waals surface area contributed by atoms with Crippen molar-refractivity contribution in [3.8, 4) is 11.5 Å². The Balaban J connectivity index is 1.59. The van der Waals surface area contributed by atoms with Crippen LogP contribution < -0.4 is 14.8 Å². The molecular weight excluding hydrogens is 731 g/mol. The molecule has 0 aliphatic carbocycles. The van der Waals surface area contributed by atoms with Crippen molar-refractivity contribution in [1.29, 1.82) is 0 Å². The van der Waals surface area contributed by atoms with Crippen LogP contribution in [-0.2, 0) is 0 Å². The summed E-state index contributed by atoms with van der Waals surface area (Å²) in [5, 5.41) is -13.3. The molecule has 0 saturated heterocycles. The second kappa shape index (κ2) is 11.5. The highest BCUT2D eigenvalue weighted by atomic mass is 19.2. The van der Waals surface area contributed by atoms with E-state index in [-0.39, 0.29) is 12.1 Å². The molecule has 0 radical (unpaired) electrons. The molecule has 0 atom stereocenters. The van der Waals surface area contributed by atoms with E-state index < -0.39 is 160 Å². The summed E-state index contributed by atoms with van der Waals surface area (Å²) < 4.78 is 249. The van der Waals surface area contributed by atoms with Crippen molar-refractivity contribution in [2.75, 3.05) is 0 Å². The lowest BCUT2D eigenvalue weighted by Gasteiger charge is -2.23. The van der Waals surface area contributed by atoms with E-state index in [9.17, 15) is 39.5 Å². The molecule has 7 aromatic rings. The molecule has 2 nitrogen and oxygen atoms in total.